The van der Waals surface area contributed by atoms with Gasteiger partial charge in [0.15, 0.2) is 11.5 Å². The molecule has 2 aromatic heterocycles. The largest absolute Gasteiger partial charge is 0.503 e. The number of rotatable bonds is 7. The van der Waals surface area contributed by atoms with Crippen molar-refractivity contribution in [2.24, 2.45) is 5.73 Å². The van der Waals surface area contributed by atoms with E-state index in [-0.39, 0.29) is 41.0 Å². The minimum absolute atomic E-state index is 0.0334. The summed E-state index contributed by atoms with van der Waals surface area (Å²) in [7, 11) is 3.05. The van der Waals surface area contributed by atoms with Crippen LogP contribution in [0.5, 0.6) is 0 Å². The molecule has 12 heteroatoms. The van der Waals surface area contributed by atoms with Crippen molar-refractivity contribution >= 4 is 28.7 Å². The van der Waals surface area contributed by atoms with E-state index in [0.717, 1.165) is 18.7 Å². The zero-order valence-electron chi connectivity index (χ0n) is 22.4. The van der Waals surface area contributed by atoms with Crippen LogP contribution >= 0.6 is 0 Å². The van der Waals surface area contributed by atoms with Gasteiger partial charge in [-0.3, -0.25) is 9.59 Å². The van der Waals surface area contributed by atoms with Crippen LogP contribution in [0.4, 0.5) is 14.6 Å². The van der Waals surface area contributed by atoms with Gasteiger partial charge in [0.25, 0.3) is 5.91 Å². The number of halogens is 2. The van der Waals surface area contributed by atoms with Crippen LogP contribution in [-0.2, 0) is 16.1 Å². The molecule has 3 heterocycles. The quantitative estimate of drug-likeness (QED) is 0.265. The van der Waals surface area contributed by atoms with Gasteiger partial charge in [-0.25, -0.2) is 18.4 Å². The van der Waals surface area contributed by atoms with Gasteiger partial charge < -0.3 is 25.3 Å². The number of carbonyl (C=O) groups excluding carboxylic acids is 2. The van der Waals surface area contributed by atoms with Crippen LogP contribution in [0.1, 0.15) is 65.6 Å². The number of hydrogen-bond donors (Lipinski definition) is 2. The van der Waals surface area contributed by atoms with E-state index in [1.807, 2.05) is 11.5 Å². The summed E-state index contributed by atoms with van der Waals surface area (Å²) in [5.41, 5.74) is 6.15. The minimum Gasteiger partial charge on any atom is -0.503 e. The number of nitrogens with zero attached hydrogens (tertiary/aromatic N) is 5. The third kappa shape index (κ3) is 4.47. The highest BCUT2D eigenvalue weighted by Gasteiger charge is 2.35. The lowest BCUT2D eigenvalue weighted by Crippen LogP contribution is -2.27. The highest BCUT2D eigenvalue weighted by atomic mass is 19.1. The molecule has 208 valence electrons. The molecule has 40 heavy (non-hydrogen) atoms. The Bertz CT molecular complexity index is 1640. The summed E-state index contributed by atoms with van der Waals surface area (Å²) < 4.78 is 39.2. The summed E-state index contributed by atoms with van der Waals surface area (Å²) in [6.45, 7) is 6.20. The number of aryl methyl sites for hydroxylation is 1. The molecular weight excluding hydrogens is 520 g/mol. The van der Waals surface area contributed by atoms with Gasteiger partial charge in [0.1, 0.15) is 34.8 Å². The van der Waals surface area contributed by atoms with Crippen LogP contribution in [0.25, 0.3) is 11.0 Å². The number of aromatic nitrogens is 4. The van der Waals surface area contributed by atoms with Crippen LogP contribution in [0, 0.1) is 23.5 Å². The highest BCUT2D eigenvalue weighted by molar-refractivity contribution is 6.00. The van der Waals surface area contributed by atoms with Gasteiger partial charge in [-0.1, -0.05) is 12.5 Å². The first-order valence-corrected chi connectivity index (χ1v) is 12.9. The van der Waals surface area contributed by atoms with Gasteiger partial charge in [-0.2, -0.15) is 5.10 Å². The average Bonchev–Trinajstić information content (AvgIpc) is 3.42. The highest BCUT2D eigenvalue weighted by Crippen LogP contribution is 2.41. The smallest absolute Gasteiger partial charge is 0.255 e. The van der Waals surface area contributed by atoms with Gasteiger partial charge >= 0.3 is 0 Å². The number of anilines is 1. The second-order valence-corrected chi connectivity index (χ2v) is 9.64. The number of benzene rings is 1. The standard InChI is InChI=1S/C28H29F2N7O3/c1-5-22(38)36-13-16(11-17(36)14-40-4)37-28(32-3)23(26(31)39)20(34-37)10-9-18-19(29)12-21-25(24(18)30)33-27(15-7-8-15)35(21)6-2/h5,12,14-16,32H,1,6-8,11,13H2,2-4H3,(H2,31,39)/b17-14+/t16-/m0/s1. The molecule has 2 fully saturated rings. The van der Waals surface area contributed by atoms with Crippen LogP contribution < -0.4 is 11.1 Å². The van der Waals surface area contributed by atoms with Crippen molar-refractivity contribution in [1.82, 2.24) is 24.2 Å². The van der Waals surface area contributed by atoms with Gasteiger partial charge in [-0.15, -0.1) is 0 Å². The van der Waals surface area contributed by atoms with Crippen molar-refractivity contribution in [2.75, 3.05) is 26.0 Å². The monoisotopic (exact) mass is 549 g/mol. The fourth-order valence-corrected chi connectivity index (χ4v) is 5.19. The Kier molecular flexibility index (Phi) is 7.06. The molecule has 2 aliphatic rings. The Labute approximate surface area is 229 Å². The Hall–Kier alpha value is -4.66. The van der Waals surface area contributed by atoms with E-state index in [1.54, 1.807) is 7.05 Å². The van der Waals surface area contributed by atoms with Crippen molar-refractivity contribution in [2.45, 2.75) is 44.7 Å². The van der Waals surface area contributed by atoms with Crippen LogP contribution in [0.3, 0.4) is 0 Å². The Morgan fingerprint density at radius 3 is 2.67 bits per heavy atom. The SMILES string of the molecule is C=CC(=O)N1C[C@@H](n2nc(C#Cc3c(F)cc4c(nc(C5CC5)n4CC)c3F)c(C(N)=O)c2NC)C/C1=C\OC. The molecule has 1 saturated carbocycles. The van der Waals surface area contributed by atoms with Crippen molar-refractivity contribution in [1.29, 1.82) is 0 Å². The maximum Gasteiger partial charge on any atom is 0.255 e. The molecule has 1 atom stereocenters. The maximum absolute atomic E-state index is 15.6. The Balaban J connectivity index is 1.58. The number of amides is 2. The van der Waals surface area contributed by atoms with E-state index in [1.165, 1.54) is 35.1 Å². The third-order valence-corrected chi connectivity index (χ3v) is 7.15. The number of allylic oxidation sites excluding steroid dienone is 1. The van der Waals surface area contributed by atoms with Gasteiger partial charge in [0.05, 0.1) is 29.9 Å². The number of hydrogen-bond acceptors (Lipinski definition) is 6. The van der Waals surface area contributed by atoms with Crippen molar-refractivity contribution < 1.29 is 23.1 Å². The molecule has 1 aromatic carbocycles. The predicted octanol–water partition coefficient (Wildman–Crippen LogP) is 3.40. The lowest BCUT2D eigenvalue weighted by Gasteiger charge is -2.16. The van der Waals surface area contributed by atoms with E-state index in [0.29, 0.717) is 24.2 Å². The van der Waals surface area contributed by atoms with Gasteiger partial charge in [0.2, 0.25) is 5.91 Å². The number of primary amides is 1. The number of nitrogens with one attached hydrogen (secondary N) is 1. The number of methoxy groups -OCH3 is 1. The van der Waals surface area contributed by atoms with Crippen molar-refractivity contribution in [3.63, 3.8) is 0 Å². The fourth-order valence-electron chi connectivity index (χ4n) is 5.19. The van der Waals surface area contributed by atoms with Crippen molar-refractivity contribution in [3.8, 4) is 11.8 Å². The van der Waals surface area contributed by atoms with Crippen LogP contribution in [0.2, 0.25) is 0 Å². The molecular formula is C28H29F2N7O3. The van der Waals surface area contributed by atoms with E-state index < -0.39 is 29.1 Å². The topological polar surface area (TPSA) is 120 Å². The van der Waals surface area contributed by atoms with Crippen LogP contribution in [0.15, 0.2) is 30.7 Å². The number of carbonyl (C=O) groups is 2. The summed E-state index contributed by atoms with van der Waals surface area (Å²) in [6, 6.07) is 0.829. The average molecular weight is 550 g/mol. The minimum atomic E-state index is -0.866. The van der Waals surface area contributed by atoms with Gasteiger partial charge in [0, 0.05) is 38.5 Å². The molecule has 1 saturated heterocycles. The summed E-state index contributed by atoms with van der Waals surface area (Å²) in [6.07, 6.45) is 4.93. The predicted molar refractivity (Wildman–Crippen MR) is 144 cm³/mol. The summed E-state index contributed by atoms with van der Waals surface area (Å²) >= 11 is 0. The molecule has 0 bridgehead atoms. The zero-order valence-corrected chi connectivity index (χ0v) is 22.4. The molecule has 2 amide bonds. The van der Waals surface area contributed by atoms with E-state index in [4.69, 9.17) is 10.5 Å². The molecule has 3 aromatic rings. The zero-order chi connectivity index (χ0) is 28.7. The third-order valence-electron chi connectivity index (χ3n) is 7.15. The normalized spacial score (nSPS) is 17.7. The lowest BCUT2D eigenvalue weighted by atomic mass is 10.1. The first kappa shape index (κ1) is 26.9. The van der Waals surface area contributed by atoms with Crippen molar-refractivity contribution in [3.05, 3.63) is 65.0 Å². The number of ether oxygens (including phenoxy) is 1. The number of likely N-dealkylation sites (tertiary alicyclic amines) is 1. The molecule has 10 nitrogen and oxygen atoms in total. The summed E-state index contributed by atoms with van der Waals surface area (Å²) in [4.78, 5) is 30.8. The second-order valence-electron chi connectivity index (χ2n) is 9.64. The number of imidazole rings is 1. The first-order valence-electron chi connectivity index (χ1n) is 12.9. The Morgan fingerprint density at radius 1 is 1.32 bits per heavy atom. The van der Waals surface area contributed by atoms with Gasteiger partial charge in [-0.05, 0) is 31.8 Å². The number of fused-ring (bicyclic) bond motifs is 1. The summed E-state index contributed by atoms with van der Waals surface area (Å²) in [5.74, 6) is 3.59. The summed E-state index contributed by atoms with van der Waals surface area (Å²) in [5, 5.41) is 7.40. The van der Waals surface area contributed by atoms with E-state index >= 15 is 8.78 Å². The van der Waals surface area contributed by atoms with E-state index in [9.17, 15) is 9.59 Å². The second kappa shape index (κ2) is 10.5. The molecule has 0 unspecified atom stereocenters. The van der Waals surface area contributed by atoms with Crippen LogP contribution in [-0.4, -0.2) is 56.7 Å². The molecule has 0 spiro atoms. The van der Waals surface area contributed by atoms with E-state index in [2.05, 4.69) is 33.8 Å². The molecule has 5 rings (SSSR count). The Morgan fingerprint density at radius 2 is 2.08 bits per heavy atom. The first-order chi connectivity index (χ1) is 19.2. The molecule has 1 aliphatic carbocycles. The molecule has 0 radical (unpaired) electrons. The maximum atomic E-state index is 15.6. The fraction of sp³-hybridized carbons (Fsp3) is 0.357. The lowest BCUT2D eigenvalue weighted by molar-refractivity contribution is -0.123. The molecule has 3 N–H and O–H groups in total. The number of nitrogens with two attached hydrogens (primary N) is 1. The molecule has 1 aliphatic heterocycles.